The number of halogens is 3. The first-order valence-electron chi connectivity index (χ1n) is 6.96. The monoisotopic (exact) mass is 333 g/mol. The van der Waals surface area contributed by atoms with Crippen LogP contribution in [-0.4, -0.2) is 51.3 Å². The SMILES string of the molecule is COCC(O)CCNc1nn2c(C(F)(F)F)nnc2c(C)c1C. The van der Waals surface area contributed by atoms with Crippen LogP contribution in [0.3, 0.4) is 0 Å². The Labute approximate surface area is 130 Å². The highest BCUT2D eigenvalue weighted by molar-refractivity contribution is 5.58. The van der Waals surface area contributed by atoms with E-state index < -0.39 is 18.1 Å². The Balaban J connectivity index is 2.28. The third kappa shape index (κ3) is 3.70. The minimum atomic E-state index is -4.64. The number of anilines is 1. The average molecular weight is 333 g/mol. The van der Waals surface area contributed by atoms with Gasteiger partial charge in [0, 0.05) is 19.2 Å². The summed E-state index contributed by atoms with van der Waals surface area (Å²) < 4.78 is 44.3. The minimum absolute atomic E-state index is 0.0693. The fourth-order valence-electron chi connectivity index (χ4n) is 2.11. The standard InChI is InChI=1S/C13H18F3N5O2/c1-7-8(2)11-18-19-12(13(14,15)16)21(11)20-10(7)17-5-4-9(22)6-23-3/h9,22H,4-6H2,1-3H3,(H,17,20). The maximum Gasteiger partial charge on any atom is 0.453 e. The highest BCUT2D eigenvalue weighted by atomic mass is 19.4. The number of nitrogens with zero attached hydrogens (tertiary/aromatic N) is 4. The first-order chi connectivity index (χ1) is 10.8. The number of ether oxygens (including phenoxy) is 1. The van der Waals surface area contributed by atoms with E-state index in [1.54, 1.807) is 13.8 Å². The van der Waals surface area contributed by atoms with E-state index in [1.807, 2.05) is 0 Å². The highest BCUT2D eigenvalue weighted by Crippen LogP contribution is 2.29. The Morgan fingerprint density at radius 1 is 1.26 bits per heavy atom. The molecule has 0 amide bonds. The largest absolute Gasteiger partial charge is 0.453 e. The molecule has 2 aromatic heterocycles. The Hall–Kier alpha value is -1.94. The Bertz CT molecular complexity index is 686. The third-order valence-electron chi connectivity index (χ3n) is 3.48. The summed E-state index contributed by atoms with van der Waals surface area (Å²) in [5.74, 6) is -0.872. The summed E-state index contributed by atoms with van der Waals surface area (Å²) in [5.41, 5.74) is 1.31. The van der Waals surface area contributed by atoms with Crippen molar-refractivity contribution in [2.45, 2.75) is 32.5 Å². The van der Waals surface area contributed by atoms with Crippen molar-refractivity contribution in [3.63, 3.8) is 0 Å². The van der Waals surface area contributed by atoms with Crippen LogP contribution in [0.5, 0.6) is 0 Å². The van der Waals surface area contributed by atoms with Crippen LogP contribution in [0.2, 0.25) is 0 Å². The molecule has 23 heavy (non-hydrogen) atoms. The Morgan fingerprint density at radius 2 is 1.96 bits per heavy atom. The molecule has 0 radical (unpaired) electrons. The van der Waals surface area contributed by atoms with Crippen molar-refractivity contribution in [2.24, 2.45) is 0 Å². The molecular formula is C13H18F3N5O2. The topological polar surface area (TPSA) is 84.6 Å². The van der Waals surface area contributed by atoms with Crippen molar-refractivity contribution in [1.29, 1.82) is 0 Å². The van der Waals surface area contributed by atoms with Gasteiger partial charge in [-0.15, -0.1) is 15.3 Å². The average Bonchev–Trinajstić information content (AvgIpc) is 2.88. The normalized spacial score (nSPS) is 13.5. The molecule has 7 nitrogen and oxygen atoms in total. The number of alkyl halides is 3. The van der Waals surface area contributed by atoms with E-state index in [0.717, 1.165) is 0 Å². The van der Waals surface area contributed by atoms with E-state index >= 15 is 0 Å². The molecule has 0 spiro atoms. The molecule has 0 aliphatic rings. The number of fused-ring (bicyclic) bond motifs is 1. The lowest BCUT2D eigenvalue weighted by atomic mass is 10.2. The number of aryl methyl sites for hydroxylation is 1. The van der Waals surface area contributed by atoms with E-state index in [9.17, 15) is 18.3 Å². The van der Waals surface area contributed by atoms with Crippen molar-refractivity contribution in [2.75, 3.05) is 25.6 Å². The van der Waals surface area contributed by atoms with Crippen LogP contribution < -0.4 is 5.32 Å². The molecule has 0 saturated carbocycles. The van der Waals surface area contributed by atoms with E-state index in [-0.39, 0.29) is 12.3 Å². The van der Waals surface area contributed by atoms with Crippen LogP contribution >= 0.6 is 0 Å². The van der Waals surface area contributed by atoms with Crippen LogP contribution in [0, 0.1) is 13.8 Å². The van der Waals surface area contributed by atoms with Gasteiger partial charge in [-0.25, -0.2) is 0 Å². The number of aromatic nitrogens is 4. The van der Waals surface area contributed by atoms with Gasteiger partial charge in [-0.2, -0.15) is 17.7 Å². The molecule has 0 aliphatic carbocycles. The summed E-state index contributed by atoms with van der Waals surface area (Å²) in [4.78, 5) is 0. The van der Waals surface area contributed by atoms with E-state index in [0.29, 0.717) is 34.4 Å². The molecule has 2 N–H and O–H groups in total. The molecular weight excluding hydrogens is 315 g/mol. The van der Waals surface area contributed by atoms with Gasteiger partial charge in [0.25, 0.3) is 5.82 Å². The van der Waals surface area contributed by atoms with Gasteiger partial charge in [0.05, 0.1) is 12.7 Å². The number of nitrogens with one attached hydrogen (secondary N) is 1. The van der Waals surface area contributed by atoms with Gasteiger partial charge in [-0.05, 0) is 25.8 Å². The van der Waals surface area contributed by atoms with Crippen molar-refractivity contribution in [1.82, 2.24) is 19.8 Å². The number of hydrogen-bond acceptors (Lipinski definition) is 6. The summed E-state index contributed by atoms with van der Waals surface area (Å²) in [6.07, 6.45) is -4.92. The van der Waals surface area contributed by atoms with Gasteiger partial charge in [0.15, 0.2) is 5.65 Å². The number of methoxy groups -OCH3 is 1. The minimum Gasteiger partial charge on any atom is -0.391 e. The summed E-state index contributed by atoms with van der Waals surface area (Å²) >= 11 is 0. The van der Waals surface area contributed by atoms with Gasteiger partial charge in [-0.3, -0.25) is 0 Å². The molecule has 128 valence electrons. The maximum atomic E-state index is 12.9. The quantitative estimate of drug-likeness (QED) is 0.835. The number of aliphatic hydroxyl groups excluding tert-OH is 1. The molecule has 1 unspecified atom stereocenters. The molecule has 0 aromatic carbocycles. The predicted octanol–water partition coefficient (Wildman–Crippen LogP) is 1.57. The second kappa shape index (κ2) is 6.67. The zero-order chi connectivity index (χ0) is 17.2. The van der Waals surface area contributed by atoms with Crippen molar-refractivity contribution in [3.05, 3.63) is 17.0 Å². The zero-order valence-corrected chi connectivity index (χ0v) is 13.0. The molecule has 2 aromatic rings. The summed E-state index contributed by atoms with van der Waals surface area (Å²) in [6.45, 7) is 3.92. The predicted molar refractivity (Wildman–Crippen MR) is 76.2 cm³/mol. The zero-order valence-electron chi connectivity index (χ0n) is 13.0. The van der Waals surface area contributed by atoms with E-state index in [2.05, 4.69) is 20.6 Å². The highest BCUT2D eigenvalue weighted by Gasteiger charge is 2.38. The van der Waals surface area contributed by atoms with E-state index in [4.69, 9.17) is 4.74 Å². The first-order valence-corrected chi connectivity index (χ1v) is 6.96. The molecule has 0 bridgehead atoms. The second-order valence-corrected chi connectivity index (χ2v) is 5.18. The Kier molecular flexibility index (Phi) is 5.05. The van der Waals surface area contributed by atoms with Crippen LogP contribution in [0.15, 0.2) is 0 Å². The molecule has 2 heterocycles. The lowest BCUT2D eigenvalue weighted by Crippen LogP contribution is -2.20. The second-order valence-electron chi connectivity index (χ2n) is 5.18. The summed E-state index contributed by atoms with van der Waals surface area (Å²) in [7, 11) is 1.48. The lowest BCUT2D eigenvalue weighted by Gasteiger charge is -2.14. The molecule has 0 fully saturated rings. The van der Waals surface area contributed by atoms with Gasteiger partial charge in [0.2, 0.25) is 0 Å². The van der Waals surface area contributed by atoms with Gasteiger partial charge < -0.3 is 15.2 Å². The van der Waals surface area contributed by atoms with Crippen molar-refractivity contribution >= 4 is 11.5 Å². The number of aliphatic hydroxyl groups is 1. The summed E-state index contributed by atoms with van der Waals surface area (Å²) in [6, 6.07) is 0. The molecule has 1 atom stereocenters. The fraction of sp³-hybridized carbons (Fsp3) is 0.615. The van der Waals surface area contributed by atoms with Crippen LogP contribution in [-0.2, 0) is 10.9 Å². The fourth-order valence-corrected chi connectivity index (χ4v) is 2.11. The Morgan fingerprint density at radius 3 is 2.57 bits per heavy atom. The number of hydrogen-bond donors (Lipinski definition) is 2. The van der Waals surface area contributed by atoms with Crippen LogP contribution in [0.4, 0.5) is 19.0 Å². The maximum absolute atomic E-state index is 12.9. The van der Waals surface area contributed by atoms with Crippen LogP contribution in [0.25, 0.3) is 5.65 Å². The smallest absolute Gasteiger partial charge is 0.391 e. The lowest BCUT2D eigenvalue weighted by molar-refractivity contribution is -0.146. The van der Waals surface area contributed by atoms with Gasteiger partial charge in [-0.1, -0.05) is 0 Å². The number of rotatable bonds is 6. The molecule has 0 saturated heterocycles. The van der Waals surface area contributed by atoms with Gasteiger partial charge in [0.1, 0.15) is 5.82 Å². The summed E-state index contributed by atoms with van der Waals surface area (Å²) in [5, 5.41) is 23.2. The first kappa shape index (κ1) is 17.4. The third-order valence-corrected chi connectivity index (χ3v) is 3.48. The molecule has 2 rings (SSSR count). The molecule has 0 aliphatic heterocycles. The van der Waals surface area contributed by atoms with Crippen LogP contribution in [0.1, 0.15) is 23.4 Å². The molecule has 10 heteroatoms. The van der Waals surface area contributed by atoms with Gasteiger partial charge >= 0.3 is 6.18 Å². The van der Waals surface area contributed by atoms with Crippen molar-refractivity contribution in [3.8, 4) is 0 Å². The van der Waals surface area contributed by atoms with E-state index in [1.165, 1.54) is 7.11 Å². The van der Waals surface area contributed by atoms with Crippen molar-refractivity contribution < 1.29 is 23.0 Å².